The van der Waals surface area contributed by atoms with E-state index in [0.29, 0.717) is 0 Å². The molecule has 0 spiro atoms. The predicted molar refractivity (Wildman–Crippen MR) is 69.8 cm³/mol. The summed E-state index contributed by atoms with van der Waals surface area (Å²) in [5, 5.41) is 11.1. The molecule has 0 aromatic heterocycles. The average molecular weight is 304 g/mol. The molecule has 1 unspecified atom stereocenters. The van der Waals surface area contributed by atoms with Gasteiger partial charge in [-0.05, 0) is 24.6 Å². The van der Waals surface area contributed by atoms with Crippen LogP contribution in [0.4, 0.5) is 18.9 Å². The number of aliphatic hydroxyl groups is 1. The number of carbonyl (C=O) groups excluding carboxylic acids is 1. The number of amides is 1. The zero-order chi connectivity index (χ0) is 14.8. The number of aliphatic hydroxyl groups excluding tert-OH is 1. The summed E-state index contributed by atoms with van der Waals surface area (Å²) in [4.78, 5) is 15.5. The summed E-state index contributed by atoms with van der Waals surface area (Å²) >= 11 is 1.10. The van der Waals surface area contributed by atoms with Crippen molar-refractivity contribution in [3.05, 3.63) is 29.8 Å². The van der Waals surface area contributed by atoms with Gasteiger partial charge in [0.05, 0.1) is 16.5 Å². The molecular formula is C12H11F3N2O2S. The lowest BCUT2D eigenvalue weighted by atomic mass is 10.2. The summed E-state index contributed by atoms with van der Waals surface area (Å²) in [6.07, 6.45) is -4.15. The second-order valence-electron chi connectivity index (χ2n) is 4.07. The molecule has 0 saturated carbocycles. The molecule has 1 amide bonds. The Kier molecular flexibility index (Phi) is 4.34. The Hall–Kier alpha value is -1.54. The number of aliphatic imine (C=N–C) groups is 1. The number of rotatable bonds is 3. The molecule has 1 heterocycles. The number of hydrogen-bond acceptors (Lipinski definition) is 4. The largest absolute Gasteiger partial charge is 0.416 e. The summed E-state index contributed by atoms with van der Waals surface area (Å²) in [6.45, 7) is -0.137. The second-order valence-corrected chi connectivity index (χ2v) is 5.26. The number of amidine groups is 1. The third-order valence-electron chi connectivity index (χ3n) is 2.57. The van der Waals surface area contributed by atoms with Gasteiger partial charge in [-0.25, -0.2) is 4.99 Å². The van der Waals surface area contributed by atoms with Crippen molar-refractivity contribution in [1.82, 2.24) is 5.32 Å². The fourth-order valence-electron chi connectivity index (χ4n) is 1.63. The van der Waals surface area contributed by atoms with Crippen LogP contribution in [0.1, 0.15) is 12.0 Å². The molecule has 4 nitrogen and oxygen atoms in total. The molecule has 1 aliphatic heterocycles. The fourth-order valence-corrected chi connectivity index (χ4v) is 2.61. The van der Waals surface area contributed by atoms with Crippen LogP contribution in [0, 0.1) is 0 Å². The average Bonchev–Trinajstić information content (AvgIpc) is 2.69. The van der Waals surface area contributed by atoms with E-state index < -0.39 is 17.0 Å². The number of hydrogen-bond donors (Lipinski definition) is 2. The molecule has 1 aromatic rings. The first kappa shape index (κ1) is 14.9. The monoisotopic (exact) mass is 304 g/mol. The minimum atomic E-state index is -4.43. The van der Waals surface area contributed by atoms with Gasteiger partial charge in [-0.1, -0.05) is 17.8 Å². The molecule has 1 aromatic carbocycles. The minimum absolute atomic E-state index is 0.118. The Morgan fingerprint density at radius 1 is 1.40 bits per heavy atom. The highest BCUT2D eigenvalue weighted by molar-refractivity contribution is 8.15. The zero-order valence-corrected chi connectivity index (χ0v) is 11.0. The molecule has 0 radical (unpaired) electrons. The van der Waals surface area contributed by atoms with E-state index in [1.165, 1.54) is 12.1 Å². The number of halogens is 3. The first-order chi connectivity index (χ1) is 9.40. The second kappa shape index (κ2) is 5.84. The van der Waals surface area contributed by atoms with E-state index in [4.69, 9.17) is 5.11 Å². The van der Waals surface area contributed by atoms with Crippen molar-refractivity contribution in [2.45, 2.75) is 17.8 Å². The highest BCUT2D eigenvalue weighted by Gasteiger charge is 2.31. The van der Waals surface area contributed by atoms with Crippen molar-refractivity contribution < 1.29 is 23.1 Å². The summed E-state index contributed by atoms with van der Waals surface area (Å²) < 4.78 is 37.7. The van der Waals surface area contributed by atoms with Gasteiger partial charge in [-0.3, -0.25) is 4.79 Å². The lowest BCUT2D eigenvalue weighted by Crippen LogP contribution is -2.25. The third-order valence-corrected chi connectivity index (χ3v) is 3.72. The lowest BCUT2D eigenvalue weighted by Gasteiger charge is -2.06. The van der Waals surface area contributed by atoms with Gasteiger partial charge in [-0.2, -0.15) is 13.2 Å². The van der Waals surface area contributed by atoms with Gasteiger partial charge < -0.3 is 10.4 Å². The van der Waals surface area contributed by atoms with Crippen LogP contribution < -0.4 is 5.32 Å². The third kappa shape index (κ3) is 3.51. The van der Waals surface area contributed by atoms with Gasteiger partial charge >= 0.3 is 6.18 Å². The summed E-state index contributed by atoms with van der Waals surface area (Å²) in [5.74, 6) is -0.297. The maximum atomic E-state index is 12.6. The summed E-state index contributed by atoms with van der Waals surface area (Å²) in [6, 6.07) is 4.56. The molecule has 108 valence electrons. The van der Waals surface area contributed by atoms with E-state index in [9.17, 15) is 18.0 Å². The van der Waals surface area contributed by atoms with E-state index in [1.807, 2.05) is 0 Å². The normalized spacial score (nSPS) is 21.3. The molecule has 1 atom stereocenters. The first-order valence-corrected chi connectivity index (χ1v) is 6.62. The van der Waals surface area contributed by atoms with Crippen LogP contribution in [0.25, 0.3) is 0 Å². The Morgan fingerprint density at radius 2 is 2.15 bits per heavy atom. The topological polar surface area (TPSA) is 61.7 Å². The van der Waals surface area contributed by atoms with Gasteiger partial charge in [0.1, 0.15) is 0 Å². The molecule has 0 aliphatic carbocycles. The number of nitrogens with zero attached hydrogens (tertiary/aromatic N) is 1. The van der Waals surface area contributed by atoms with E-state index in [1.54, 1.807) is 0 Å². The van der Waals surface area contributed by atoms with Gasteiger partial charge in [0.15, 0.2) is 5.17 Å². The molecule has 0 bridgehead atoms. The van der Waals surface area contributed by atoms with Crippen molar-refractivity contribution in [2.75, 3.05) is 6.61 Å². The highest BCUT2D eigenvalue weighted by Crippen LogP contribution is 2.32. The summed E-state index contributed by atoms with van der Waals surface area (Å²) in [5.41, 5.74) is -0.673. The van der Waals surface area contributed by atoms with Crippen LogP contribution in [0.3, 0.4) is 0 Å². The number of carbonyl (C=O) groups is 1. The summed E-state index contributed by atoms with van der Waals surface area (Å²) in [7, 11) is 0. The smallest absolute Gasteiger partial charge is 0.396 e. The van der Waals surface area contributed by atoms with Gasteiger partial charge in [0, 0.05) is 6.61 Å². The van der Waals surface area contributed by atoms with E-state index in [0.717, 1.165) is 23.9 Å². The Bertz CT molecular complexity index is 546. The predicted octanol–water partition coefficient (Wildman–Crippen LogP) is 2.31. The van der Waals surface area contributed by atoms with Gasteiger partial charge in [-0.15, -0.1) is 0 Å². The standard InChI is InChI=1S/C12H11F3N2O2S/c13-12(14,15)7-2-1-3-8(6-7)16-11-17-10(19)9(20-11)4-5-18/h1-3,6,9,18H,4-5H2,(H,16,17,19). The number of benzene rings is 1. The van der Waals surface area contributed by atoms with Crippen LogP contribution >= 0.6 is 11.8 Å². The van der Waals surface area contributed by atoms with E-state index in [-0.39, 0.29) is 29.8 Å². The Balaban J connectivity index is 2.18. The van der Waals surface area contributed by atoms with Gasteiger partial charge in [0.25, 0.3) is 0 Å². The van der Waals surface area contributed by atoms with Crippen LogP contribution in [0.5, 0.6) is 0 Å². The number of nitrogens with one attached hydrogen (secondary N) is 1. The molecule has 1 saturated heterocycles. The highest BCUT2D eigenvalue weighted by atomic mass is 32.2. The van der Waals surface area contributed by atoms with E-state index in [2.05, 4.69) is 10.3 Å². The van der Waals surface area contributed by atoms with E-state index >= 15 is 0 Å². The fraction of sp³-hybridized carbons (Fsp3) is 0.333. The first-order valence-electron chi connectivity index (χ1n) is 5.74. The van der Waals surface area contributed by atoms with Crippen LogP contribution in [-0.4, -0.2) is 28.0 Å². The van der Waals surface area contributed by atoms with Crippen molar-refractivity contribution in [2.24, 2.45) is 4.99 Å². The van der Waals surface area contributed by atoms with Crippen LogP contribution in [0.15, 0.2) is 29.3 Å². The Morgan fingerprint density at radius 3 is 2.80 bits per heavy atom. The van der Waals surface area contributed by atoms with Crippen molar-refractivity contribution in [3.8, 4) is 0 Å². The van der Waals surface area contributed by atoms with Crippen LogP contribution in [0.2, 0.25) is 0 Å². The number of thioether (sulfide) groups is 1. The minimum Gasteiger partial charge on any atom is -0.396 e. The molecule has 1 fully saturated rings. The number of alkyl halides is 3. The zero-order valence-electron chi connectivity index (χ0n) is 10.1. The Labute approximate surface area is 117 Å². The van der Waals surface area contributed by atoms with Crippen LogP contribution in [-0.2, 0) is 11.0 Å². The van der Waals surface area contributed by atoms with Crippen molar-refractivity contribution >= 4 is 28.5 Å². The maximum absolute atomic E-state index is 12.6. The van der Waals surface area contributed by atoms with Gasteiger partial charge in [0.2, 0.25) is 5.91 Å². The SMILES string of the molecule is O=C1NC(=Nc2cccc(C(F)(F)F)c2)SC1CCO. The molecule has 1 aliphatic rings. The quantitative estimate of drug-likeness (QED) is 0.901. The van der Waals surface area contributed by atoms with Crippen molar-refractivity contribution in [1.29, 1.82) is 0 Å². The molecular weight excluding hydrogens is 293 g/mol. The van der Waals surface area contributed by atoms with Crippen molar-refractivity contribution in [3.63, 3.8) is 0 Å². The lowest BCUT2D eigenvalue weighted by molar-refractivity contribution is -0.137. The molecule has 2 N–H and O–H groups in total. The molecule has 20 heavy (non-hydrogen) atoms. The molecule has 2 rings (SSSR count). The maximum Gasteiger partial charge on any atom is 0.416 e. The molecule has 8 heteroatoms.